The molecule has 0 unspecified atom stereocenters. The normalized spacial score (nSPS) is 16.1. The van der Waals surface area contributed by atoms with E-state index < -0.39 is 17.2 Å². The van der Waals surface area contributed by atoms with E-state index in [9.17, 15) is 14.4 Å². The van der Waals surface area contributed by atoms with E-state index in [1.54, 1.807) is 12.4 Å². The summed E-state index contributed by atoms with van der Waals surface area (Å²) in [6.07, 6.45) is 3.48. The molecular weight excluding hydrogens is 350 g/mol. The van der Waals surface area contributed by atoms with E-state index in [1.165, 1.54) is 24.7 Å². The first kappa shape index (κ1) is 19.0. The van der Waals surface area contributed by atoms with Gasteiger partial charge in [0.1, 0.15) is 5.69 Å². The number of nitrogens with zero attached hydrogens (tertiary/aromatic N) is 4. The van der Waals surface area contributed by atoms with Crippen LogP contribution in [0.2, 0.25) is 0 Å². The lowest BCUT2D eigenvalue weighted by Crippen LogP contribution is -2.45. The van der Waals surface area contributed by atoms with Gasteiger partial charge in [0.15, 0.2) is 0 Å². The molecule has 3 heterocycles. The van der Waals surface area contributed by atoms with Gasteiger partial charge < -0.3 is 10.1 Å². The standard InChI is InChI=1S/C18H23N5O4/c1-21-14(10-16(24)22(2)18(21)26)17(25)20-12-15(13-4-3-5-19-11-13)23-6-8-27-9-7-23/h3-5,10-11,15H,6-9,12H2,1-2H3,(H,20,25)/t15-/m0/s1. The van der Waals surface area contributed by atoms with Crippen LogP contribution in [0.4, 0.5) is 0 Å². The Morgan fingerprint density at radius 3 is 2.67 bits per heavy atom. The topological polar surface area (TPSA) is 98.5 Å². The molecule has 0 aromatic carbocycles. The second-order valence-electron chi connectivity index (χ2n) is 6.43. The molecule has 2 aromatic rings. The van der Waals surface area contributed by atoms with Crippen LogP contribution in [-0.2, 0) is 18.8 Å². The predicted molar refractivity (Wildman–Crippen MR) is 98.6 cm³/mol. The highest BCUT2D eigenvalue weighted by molar-refractivity contribution is 5.92. The quantitative estimate of drug-likeness (QED) is 0.743. The molecule has 1 fully saturated rings. The average molecular weight is 373 g/mol. The maximum atomic E-state index is 12.6. The van der Waals surface area contributed by atoms with Crippen LogP contribution in [0.3, 0.4) is 0 Å². The van der Waals surface area contributed by atoms with Gasteiger partial charge in [-0.2, -0.15) is 0 Å². The molecule has 9 nitrogen and oxygen atoms in total. The highest BCUT2D eigenvalue weighted by atomic mass is 16.5. The van der Waals surface area contributed by atoms with Crippen LogP contribution in [0, 0.1) is 0 Å². The molecule has 1 aliphatic rings. The molecular formula is C18H23N5O4. The highest BCUT2D eigenvalue weighted by Crippen LogP contribution is 2.20. The van der Waals surface area contributed by atoms with Gasteiger partial charge in [-0.05, 0) is 11.6 Å². The summed E-state index contributed by atoms with van der Waals surface area (Å²) in [6, 6.07) is 4.92. The molecule has 1 atom stereocenters. The lowest BCUT2D eigenvalue weighted by atomic mass is 10.1. The minimum atomic E-state index is -0.537. The summed E-state index contributed by atoms with van der Waals surface area (Å²) >= 11 is 0. The van der Waals surface area contributed by atoms with Crippen molar-refractivity contribution in [3.63, 3.8) is 0 Å². The minimum Gasteiger partial charge on any atom is -0.379 e. The summed E-state index contributed by atoms with van der Waals surface area (Å²) in [5.41, 5.74) is -0.0301. The van der Waals surface area contributed by atoms with Crippen LogP contribution >= 0.6 is 0 Å². The Kier molecular flexibility index (Phi) is 5.82. The van der Waals surface area contributed by atoms with E-state index in [-0.39, 0.29) is 11.7 Å². The number of amides is 1. The number of carbonyl (C=O) groups excluding carboxylic acids is 1. The number of ether oxygens (including phenoxy) is 1. The van der Waals surface area contributed by atoms with Crippen LogP contribution in [0.5, 0.6) is 0 Å². The molecule has 27 heavy (non-hydrogen) atoms. The Balaban J connectivity index is 1.80. The molecule has 1 aliphatic heterocycles. The zero-order valence-corrected chi connectivity index (χ0v) is 15.4. The van der Waals surface area contributed by atoms with E-state index in [1.807, 2.05) is 12.1 Å². The van der Waals surface area contributed by atoms with Gasteiger partial charge in [0.2, 0.25) is 0 Å². The van der Waals surface area contributed by atoms with Crippen molar-refractivity contribution in [2.45, 2.75) is 6.04 Å². The lowest BCUT2D eigenvalue weighted by molar-refractivity contribution is 0.0161. The van der Waals surface area contributed by atoms with E-state index in [0.29, 0.717) is 19.8 Å². The molecule has 0 aliphatic carbocycles. The van der Waals surface area contributed by atoms with E-state index in [0.717, 1.165) is 23.2 Å². The Bertz CT molecular complexity index is 916. The Morgan fingerprint density at radius 1 is 1.26 bits per heavy atom. The van der Waals surface area contributed by atoms with Gasteiger partial charge in [-0.3, -0.25) is 28.6 Å². The van der Waals surface area contributed by atoms with Gasteiger partial charge in [-0.1, -0.05) is 6.07 Å². The van der Waals surface area contributed by atoms with Gasteiger partial charge in [-0.25, -0.2) is 4.79 Å². The predicted octanol–water partition coefficient (Wildman–Crippen LogP) is -0.718. The third-order valence-corrected chi connectivity index (χ3v) is 4.77. The van der Waals surface area contributed by atoms with E-state index in [2.05, 4.69) is 15.2 Å². The summed E-state index contributed by atoms with van der Waals surface area (Å²) in [6.45, 7) is 3.09. The maximum absolute atomic E-state index is 12.6. The summed E-state index contributed by atoms with van der Waals surface area (Å²) < 4.78 is 7.55. The van der Waals surface area contributed by atoms with Crippen LogP contribution in [0.15, 0.2) is 40.2 Å². The number of rotatable bonds is 5. The molecule has 1 saturated heterocycles. The Morgan fingerprint density at radius 2 is 2.00 bits per heavy atom. The number of hydrogen-bond donors (Lipinski definition) is 1. The maximum Gasteiger partial charge on any atom is 0.331 e. The third-order valence-electron chi connectivity index (χ3n) is 4.77. The first-order chi connectivity index (χ1) is 13.0. The van der Waals surface area contributed by atoms with Crippen molar-refractivity contribution in [1.82, 2.24) is 24.3 Å². The van der Waals surface area contributed by atoms with Crippen LogP contribution in [0.25, 0.3) is 0 Å². The number of carbonyl (C=O) groups is 1. The van der Waals surface area contributed by atoms with Crippen molar-refractivity contribution in [3.05, 3.63) is 62.7 Å². The monoisotopic (exact) mass is 373 g/mol. The third kappa shape index (κ3) is 4.15. The smallest absolute Gasteiger partial charge is 0.331 e. The van der Waals surface area contributed by atoms with Gasteiger partial charge in [0.05, 0.1) is 19.3 Å². The molecule has 0 bridgehead atoms. The minimum absolute atomic E-state index is 0.0371. The molecule has 9 heteroatoms. The van der Waals surface area contributed by atoms with Crippen molar-refractivity contribution in [1.29, 1.82) is 0 Å². The highest BCUT2D eigenvalue weighted by Gasteiger charge is 2.24. The number of hydrogen-bond acceptors (Lipinski definition) is 6. The second-order valence-corrected chi connectivity index (χ2v) is 6.43. The summed E-state index contributed by atoms with van der Waals surface area (Å²) in [4.78, 5) is 42.9. The fourth-order valence-corrected chi connectivity index (χ4v) is 3.15. The number of nitrogens with one attached hydrogen (secondary N) is 1. The van der Waals surface area contributed by atoms with Crippen LogP contribution < -0.4 is 16.6 Å². The summed E-state index contributed by atoms with van der Waals surface area (Å²) in [5.74, 6) is -0.463. The number of aromatic nitrogens is 3. The van der Waals surface area contributed by atoms with E-state index >= 15 is 0 Å². The zero-order valence-electron chi connectivity index (χ0n) is 15.4. The molecule has 1 amide bonds. The fourth-order valence-electron chi connectivity index (χ4n) is 3.15. The second kappa shape index (κ2) is 8.28. The SMILES string of the molecule is Cn1c(C(=O)NC[C@@H](c2cccnc2)N2CCOCC2)cc(=O)n(C)c1=O. The molecule has 144 valence electrons. The van der Waals surface area contributed by atoms with Crippen molar-refractivity contribution in [2.75, 3.05) is 32.8 Å². The Labute approximate surface area is 156 Å². The van der Waals surface area contributed by atoms with Gasteiger partial charge in [0.25, 0.3) is 11.5 Å². The number of morpholine rings is 1. The molecule has 1 N–H and O–H groups in total. The molecule has 3 rings (SSSR count). The Hall–Kier alpha value is -2.78. The van der Waals surface area contributed by atoms with Crippen molar-refractivity contribution in [2.24, 2.45) is 14.1 Å². The van der Waals surface area contributed by atoms with Crippen molar-refractivity contribution < 1.29 is 9.53 Å². The fraction of sp³-hybridized carbons (Fsp3) is 0.444. The van der Waals surface area contributed by atoms with Gasteiger partial charge in [0, 0.05) is 52.2 Å². The van der Waals surface area contributed by atoms with Gasteiger partial charge >= 0.3 is 5.69 Å². The zero-order chi connectivity index (χ0) is 19.4. The molecule has 0 spiro atoms. The first-order valence-corrected chi connectivity index (χ1v) is 8.76. The van der Waals surface area contributed by atoms with Crippen LogP contribution in [0.1, 0.15) is 22.1 Å². The molecule has 2 aromatic heterocycles. The average Bonchev–Trinajstić information content (AvgIpc) is 2.70. The largest absolute Gasteiger partial charge is 0.379 e. The molecule has 0 radical (unpaired) electrons. The first-order valence-electron chi connectivity index (χ1n) is 8.76. The van der Waals surface area contributed by atoms with Gasteiger partial charge in [-0.15, -0.1) is 0 Å². The van der Waals surface area contributed by atoms with Crippen molar-refractivity contribution >= 4 is 5.91 Å². The summed E-state index contributed by atoms with van der Waals surface area (Å²) in [7, 11) is 2.85. The number of pyridine rings is 1. The van der Waals surface area contributed by atoms with Crippen molar-refractivity contribution in [3.8, 4) is 0 Å². The molecule has 0 saturated carbocycles. The van der Waals surface area contributed by atoms with E-state index in [4.69, 9.17) is 4.74 Å². The van der Waals surface area contributed by atoms with Crippen LogP contribution in [-0.4, -0.2) is 57.8 Å². The summed E-state index contributed by atoms with van der Waals surface area (Å²) in [5, 5.41) is 2.85. The lowest BCUT2D eigenvalue weighted by Gasteiger charge is -2.34.